The molecule has 0 aromatic carbocycles. The zero-order chi connectivity index (χ0) is 13.2. The van der Waals surface area contributed by atoms with Crippen molar-refractivity contribution in [2.24, 2.45) is 0 Å². The van der Waals surface area contributed by atoms with Crippen LogP contribution in [0.5, 0.6) is 0 Å². The van der Waals surface area contributed by atoms with Crippen molar-refractivity contribution in [2.75, 3.05) is 11.9 Å². The standard InChI is InChI=1S/C14H13N3O2/c1-17-10-7-15-9-6-16-11(18)5-8(9)12(10)14(13(17)19)3-2-4-14/h5-7H,2-4H2,1H3,(H,16,18). The summed E-state index contributed by atoms with van der Waals surface area (Å²) in [5, 5.41) is 0.818. The van der Waals surface area contributed by atoms with E-state index in [-0.39, 0.29) is 11.5 Å². The van der Waals surface area contributed by atoms with Gasteiger partial charge in [0.25, 0.3) is 0 Å². The third kappa shape index (κ3) is 1.13. The third-order valence-corrected chi connectivity index (χ3v) is 4.51. The normalized spacial score (nSPS) is 19.8. The molecule has 0 saturated heterocycles. The molecule has 1 spiro atoms. The van der Waals surface area contributed by atoms with E-state index in [4.69, 9.17) is 0 Å². The van der Waals surface area contributed by atoms with Crippen molar-refractivity contribution < 1.29 is 4.79 Å². The Morgan fingerprint density at radius 2 is 2.16 bits per heavy atom. The molecule has 1 aliphatic carbocycles. The van der Waals surface area contributed by atoms with Crippen LogP contribution in [-0.4, -0.2) is 22.9 Å². The predicted molar refractivity (Wildman–Crippen MR) is 71.3 cm³/mol. The number of aromatic nitrogens is 2. The van der Waals surface area contributed by atoms with Crippen molar-refractivity contribution in [3.8, 4) is 0 Å². The van der Waals surface area contributed by atoms with Crippen LogP contribution in [0.3, 0.4) is 0 Å². The minimum Gasteiger partial charge on any atom is -0.327 e. The second-order valence-corrected chi connectivity index (χ2v) is 5.41. The van der Waals surface area contributed by atoms with E-state index < -0.39 is 5.41 Å². The second-order valence-electron chi connectivity index (χ2n) is 5.41. The lowest BCUT2D eigenvalue weighted by Gasteiger charge is -2.37. The lowest BCUT2D eigenvalue weighted by molar-refractivity contribution is -0.125. The Morgan fingerprint density at radius 3 is 2.84 bits per heavy atom. The predicted octanol–water partition coefficient (Wildman–Crippen LogP) is 1.32. The molecule has 3 heterocycles. The molecule has 0 atom stereocenters. The molecule has 0 bridgehead atoms. The molecule has 2 aromatic heterocycles. The highest BCUT2D eigenvalue weighted by molar-refractivity contribution is 6.12. The Balaban J connectivity index is 2.15. The number of rotatable bonds is 0. The molecule has 1 aliphatic heterocycles. The average Bonchev–Trinajstić information content (AvgIpc) is 2.59. The second kappa shape index (κ2) is 3.23. The molecule has 1 saturated carbocycles. The lowest BCUT2D eigenvalue weighted by atomic mass is 9.64. The molecule has 2 aromatic rings. The van der Waals surface area contributed by atoms with Crippen LogP contribution >= 0.6 is 0 Å². The Hall–Kier alpha value is -2.17. The maximum absolute atomic E-state index is 12.5. The largest absolute Gasteiger partial charge is 0.327 e. The summed E-state index contributed by atoms with van der Waals surface area (Å²) in [7, 11) is 1.79. The number of anilines is 1. The van der Waals surface area contributed by atoms with Gasteiger partial charge in [-0.05, 0) is 12.8 Å². The Morgan fingerprint density at radius 1 is 1.37 bits per heavy atom. The number of hydrogen-bond acceptors (Lipinski definition) is 3. The van der Waals surface area contributed by atoms with Gasteiger partial charge in [0.1, 0.15) is 0 Å². The monoisotopic (exact) mass is 255 g/mol. The van der Waals surface area contributed by atoms with Crippen molar-refractivity contribution in [2.45, 2.75) is 24.7 Å². The molecule has 96 valence electrons. The highest BCUT2D eigenvalue weighted by Crippen LogP contribution is 2.54. The molecule has 5 heteroatoms. The highest BCUT2D eigenvalue weighted by Gasteiger charge is 2.54. The summed E-state index contributed by atoms with van der Waals surface area (Å²) in [6.45, 7) is 0. The first kappa shape index (κ1) is 10.7. The Kier molecular flexibility index (Phi) is 1.82. The van der Waals surface area contributed by atoms with Crippen LogP contribution in [0.4, 0.5) is 5.69 Å². The van der Waals surface area contributed by atoms with Gasteiger partial charge >= 0.3 is 0 Å². The van der Waals surface area contributed by atoms with Gasteiger partial charge in [-0.15, -0.1) is 0 Å². The number of hydrogen-bond donors (Lipinski definition) is 1. The van der Waals surface area contributed by atoms with Crippen molar-refractivity contribution in [3.05, 3.63) is 34.4 Å². The Labute approximate surface area is 109 Å². The molecule has 4 rings (SSSR count). The maximum atomic E-state index is 12.5. The summed E-state index contributed by atoms with van der Waals surface area (Å²) in [5.41, 5.74) is 2.04. The summed E-state index contributed by atoms with van der Waals surface area (Å²) >= 11 is 0. The van der Waals surface area contributed by atoms with E-state index in [0.29, 0.717) is 0 Å². The summed E-state index contributed by atoms with van der Waals surface area (Å²) in [6.07, 6.45) is 6.16. The lowest BCUT2D eigenvalue weighted by Crippen LogP contribution is -2.44. The van der Waals surface area contributed by atoms with Crippen molar-refractivity contribution >= 4 is 22.5 Å². The van der Waals surface area contributed by atoms with Gasteiger partial charge in [-0.25, -0.2) is 0 Å². The van der Waals surface area contributed by atoms with Crippen LogP contribution in [0.2, 0.25) is 0 Å². The van der Waals surface area contributed by atoms with Crippen LogP contribution in [0, 0.1) is 0 Å². The SMILES string of the molecule is CN1C(=O)C2(CCC2)c2c1cnc1c[nH]c(=O)cc21. The van der Waals surface area contributed by atoms with Gasteiger partial charge in [-0.1, -0.05) is 6.42 Å². The fourth-order valence-electron chi connectivity index (χ4n) is 3.39. The summed E-state index contributed by atoms with van der Waals surface area (Å²) in [4.78, 5) is 32.7. The van der Waals surface area contributed by atoms with Crippen molar-refractivity contribution in [1.29, 1.82) is 0 Å². The number of carbonyl (C=O) groups is 1. The van der Waals surface area contributed by atoms with E-state index in [1.54, 1.807) is 30.4 Å². The number of pyridine rings is 2. The van der Waals surface area contributed by atoms with Gasteiger partial charge in [0.2, 0.25) is 11.5 Å². The molecule has 0 radical (unpaired) electrons. The minimum atomic E-state index is -0.404. The number of H-pyrrole nitrogens is 1. The van der Waals surface area contributed by atoms with E-state index in [1.165, 1.54) is 0 Å². The van der Waals surface area contributed by atoms with E-state index in [0.717, 1.165) is 41.4 Å². The zero-order valence-electron chi connectivity index (χ0n) is 10.6. The number of nitrogens with zero attached hydrogens (tertiary/aromatic N) is 2. The van der Waals surface area contributed by atoms with Crippen LogP contribution in [0.1, 0.15) is 24.8 Å². The van der Waals surface area contributed by atoms with Gasteiger partial charge in [-0.2, -0.15) is 0 Å². The zero-order valence-corrected chi connectivity index (χ0v) is 10.6. The molecule has 2 aliphatic rings. The fourth-order valence-corrected chi connectivity index (χ4v) is 3.39. The first-order valence-electron chi connectivity index (χ1n) is 6.43. The molecular weight excluding hydrogens is 242 g/mol. The quantitative estimate of drug-likeness (QED) is 0.772. The summed E-state index contributed by atoms with van der Waals surface area (Å²) in [6, 6.07) is 1.56. The van der Waals surface area contributed by atoms with E-state index in [9.17, 15) is 9.59 Å². The topological polar surface area (TPSA) is 66.1 Å². The first-order chi connectivity index (χ1) is 9.13. The van der Waals surface area contributed by atoms with Gasteiger partial charge in [0.05, 0.1) is 22.8 Å². The van der Waals surface area contributed by atoms with Crippen molar-refractivity contribution in [1.82, 2.24) is 9.97 Å². The smallest absolute Gasteiger partial charge is 0.248 e. The van der Waals surface area contributed by atoms with E-state index >= 15 is 0 Å². The molecule has 19 heavy (non-hydrogen) atoms. The van der Waals surface area contributed by atoms with Crippen LogP contribution in [0.25, 0.3) is 10.9 Å². The van der Waals surface area contributed by atoms with Crippen molar-refractivity contribution in [3.63, 3.8) is 0 Å². The molecule has 1 amide bonds. The van der Waals surface area contributed by atoms with Gasteiger partial charge in [-0.3, -0.25) is 14.6 Å². The van der Waals surface area contributed by atoms with Gasteiger partial charge < -0.3 is 9.88 Å². The van der Waals surface area contributed by atoms with Crippen LogP contribution in [-0.2, 0) is 10.2 Å². The van der Waals surface area contributed by atoms with Gasteiger partial charge in [0.15, 0.2) is 0 Å². The number of amides is 1. The fraction of sp³-hybridized carbons (Fsp3) is 0.357. The summed E-state index contributed by atoms with van der Waals surface area (Å²) in [5.74, 6) is 0.142. The number of fused-ring (bicyclic) bond motifs is 4. The number of aromatic amines is 1. The maximum Gasteiger partial charge on any atom is 0.248 e. The number of nitrogens with one attached hydrogen (secondary N) is 1. The third-order valence-electron chi connectivity index (χ3n) is 4.51. The summed E-state index contributed by atoms with van der Waals surface area (Å²) < 4.78 is 0. The highest BCUT2D eigenvalue weighted by atomic mass is 16.2. The molecule has 0 unspecified atom stereocenters. The van der Waals surface area contributed by atoms with Gasteiger partial charge in [0, 0.05) is 30.3 Å². The molecule has 1 N–H and O–H groups in total. The molecular formula is C14H13N3O2. The molecule has 1 fully saturated rings. The van der Waals surface area contributed by atoms with E-state index in [2.05, 4.69) is 9.97 Å². The Bertz CT molecular complexity index is 774. The average molecular weight is 255 g/mol. The van der Waals surface area contributed by atoms with Crippen LogP contribution in [0.15, 0.2) is 23.3 Å². The number of likely N-dealkylation sites (N-methyl/N-ethyl adjacent to an activating group) is 1. The first-order valence-corrected chi connectivity index (χ1v) is 6.43. The minimum absolute atomic E-state index is 0.142. The molecule has 5 nitrogen and oxygen atoms in total. The number of carbonyl (C=O) groups excluding carboxylic acids is 1. The van der Waals surface area contributed by atoms with Crippen LogP contribution < -0.4 is 10.5 Å². The van der Waals surface area contributed by atoms with E-state index in [1.807, 2.05) is 0 Å².